The van der Waals surface area contributed by atoms with Crippen molar-refractivity contribution in [3.05, 3.63) is 70.4 Å². The zero-order valence-electron chi connectivity index (χ0n) is 18.8. The van der Waals surface area contributed by atoms with Crippen LogP contribution in [0.15, 0.2) is 64.9 Å². The van der Waals surface area contributed by atoms with Gasteiger partial charge in [0.2, 0.25) is 0 Å². The Morgan fingerprint density at radius 1 is 1.06 bits per heavy atom. The van der Waals surface area contributed by atoms with E-state index in [9.17, 15) is 4.79 Å². The molecular weight excluding hydrogens is 440 g/mol. The van der Waals surface area contributed by atoms with E-state index in [4.69, 9.17) is 9.47 Å². The number of hydrogen-bond acceptors (Lipinski definition) is 6. The molecule has 0 radical (unpaired) electrons. The maximum Gasteiger partial charge on any atom is 0.256 e. The lowest BCUT2D eigenvalue weighted by Crippen LogP contribution is -2.28. The third-order valence-electron chi connectivity index (χ3n) is 5.06. The van der Waals surface area contributed by atoms with E-state index in [-0.39, 0.29) is 5.91 Å². The number of hydrogen-bond donors (Lipinski definition) is 1. The lowest BCUT2D eigenvalue weighted by atomic mass is 10.2. The van der Waals surface area contributed by atoms with Crippen LogP contribution < -0.4 is 14.8 Å². The Hall–Kier alpha value is -2.48. The van der Waals surface area contributed by atoms with Crippen molar-refractivity contribution in [3.8, 4) is 11.5 Å². The third kappa shape index (κ3) is 6.76. The second kappa shape index (κ2) is 12.5. The maximum atomic E-state index is 13.0. The molecule has 1 N–H and O–H groups in total. The Bertz CT molecular complexity index is 989. The number of anilines is 1. The fourth-order valence-electron chi connectivity index (χ4n) is 3.21. The summed E-state index contributed by atoms with van der Waals surface area (Å²) in [5.74, 6) is 1.97. The summed E-state index contributed by atoms with van der Waals surface area (Å²) in [6.07, 6.45) is 0. The van der Waals surface area contributed by atoms with Gasteiger partial charge in [0.15, 0.2) is 11.5 Å². The number of amides is 1. The molecule has 0 bridgehead atoms. The van der Waals surface area contributed by atoms with Gasteiger partial charge in [0.25, 0.3) is 5.91 Å². The first-order chi connectivity index (χ1) is 15.6. The van der Waals surface area contributed by atoms with Gasteiger partial charge in [-0.05, 0) is 48.8 Å². The summed E-state index contributed by atoms with van der Waals surface area (Å²) in [6, 6.07) is 17.3. The molecule has 0 saturated carbocycles. The SMILES string of the molecule is CCN(CC)CCOc1cc(NC(=O)c2ccccc2SCc2cccs2)ccc1OC. The smallest absolute Gasteiger partial charge is 0.256 e. The minimum absolute atomic E-state index is 0.140. The number of likely N-dealkylation sites (N-methyl/N-ethyl adjacent to an activating group) is 1. The van der Waals surface area contributed by atoms with Gasteiger partial charge in [0, 0.05) is 33.8 Å². The largest absolute Gasteiger partial charge is 0.493 e. The van der Waals surface area contributed by atoms with E-state index in [0.29, 0.717) is 29.4 Å². The highest BCUT2D eigenvalue weighted by atomic mass is 32.2. The fourth-order valence-corrected chi connectivity index (χ4v) is 5.04. The predicted molar refractivity (Wildman–Crippen MR) is 135 cm³/mol. The van der Waals surface area contributed by atoms with Gasteiger partial charge in [-0.1, -0.05) is 32.0 Å². The average Bonchev–Trinajstić information content (AvgIpc) is 3.34. The number of ether oxygens (including phenoxy) is 2. The fraction of sp³-hybridized carbons (Fsp3) is 0.320. The quantitative estimate of drug-likeness (QED) is 0.328. The van der Waals surface area contributed by atoms with E-state index >= 15 is 0 Å². The number of carbonyl (C=O) groups excluding carboxylic acids is 1. The summed E-state index contributed by atoms with van der Waals surface area (Å²) in [5.41, 5.74) is 1.33. The monoisotopic (exact) mass is 470 g/mol. The first-order valence-electron chi connectivity index (χ1n) is 10.7. The van der Waals surface area contributed by atoms with Crippen LogP contribution in [0.4, 0.5) is 5.69 Å². The standard InChI is InChI=1S/C25H30N2O3S2/c1-4-27(5-2)14-15-30-23-17-19(12-13-22(23)29-3)26-25(28)21-10-6-7-11-24(21)32-18-20-9-8-16-31-20/h6-13,16-17H,4-5,14-15,18H2,1-3H3,(H,26,28). The molecule has 3 aromatic rings. The van der Waals surface area contributed by atoms with Crippen LogP contribution in [-0.2, 0) is 5.75 Å². The van der Waals surface area contributed by atoms with Crippen molar-refractivity contribution in [2.75, 3.05) is 38.7 Å². The van der Waals surface area contributed by atoms with Gasteiger partial charge in [-0.15, -0.1) is 23.1 Å². The Balaban J connectivity index is 1.68. The van der Waals surface area contributed by atoms with E-state index in [0.717, 1.165) is 30.3 Å². The number of thioether (sulfide) groups is 1. The molecule has 0 aliphatic heterocycles. The van der Waals surface area contributed by atoms with Crippen molar-refractivity contribution in [3.63, 3.8) is 0 Å². The molecule has 0 aliphatic carbocycles. The van der Waals surface area contributed by atoms with E-state index in [1.807, 2.05) is 48.5 Å². The maximum absolute atomic E-state index is 13.0. The lowest BCUT2D eigenvalue weighted by Gasteiger charge is -2.19. The van der Waals surface area contributed by atoms with Gasteiger partial charge >= 0.3 is 0 Å². The summed E-state index contributed by atoms with van der Waals surface area (Å²) in [6.45, 7) is 7.63. The number of nitrogens with zero attached hydrogens (tertiary/aromatic N) is 1. The molecule has 1 aromatic heterocycles. The number of methoxy groups -OCH3 is 1. The number of rotatable bonds is 12. The first-order valence-corrected chi connectivity index (χ1v) is 12.6. The number of benzene rings is 2. The van der Waals surface area contributed by atoms with Crippen molar-refractivity contribution in [2.45, 2.75) is 24.5 Å². The molecule has 0 fully saturated rings. The Morgan fingerprint density at radius 3 is 2.59 bits per heavy atom. The summed E-state index contributed by atoms with van der Waals surface area (Å²) in [5, 5.41) is 5.08. The zero-order valence-corrected chi connectivity index (χ0v) is 20.4. The highest BCUT2D eigenvalue weighted by Gasteiger charge is 2.14. The van der Waals surface area contributed by atoms with Crippen molar-refractivity contribution in [1.29, 1.82) is 0 Å². The summed E-state index contributed by atoms with van der Waals surface area (Å²) >= 11 is 3.40. The first kappa shape index (κ1) is 24.2. The van der Waals surface area contributed by atoms with Crippen molar-refractivity contribution in [2.24, 2.45) is 0 Å². The van der Waals surface area contributed by atoms with Crippen LogP contribution >= 0.6 is 23.1 Å². The van der Waals surface area contributed by atoms with Crippen LogP contribution in [0.1, 0.15) is 29.1 Å². The molecule has 1 amide bonds. The molecule has 32 heavy (non-hydrogen) atoms. The van der Waals surface area contributed by atoms with E-state index < -0.39 is 0 Å². The number of carbonyl (C=O) groups is 1. The Labute approximate surface area is 198 Å². The lowest BCUT2D eigenvalue weighted by molar-refractivity contribution is 0.102. The second-order valence-electron chi connectivity index (χ2n) is 7.06. The Kier molecular flexibility index (Phi) is 9.46. The van der Waals surface area contributed by atoms with Crippen LogP contribution in [0.5, 0.6) is 11.5 Å². The van der Waals surface area contributed by atoms with Gasteiger partial charge in [-0.2, -0.15) is 0 Å². The van der Waals surface area contributed by atoms with Crippen LogP contribution in [0, 0.1) is 0 Å². The average molecular weight is 471 g/mol. The zero-order chi connectivity index (χ0) is 22.8. The van der Waals surface area contributed by atoms with Crippen LogP contribution in [0.3, 0.4) is 0 Å². The van der Waals surface area contributed by atoms with E-state index in [2.05, 4.69) is 35.5 Å². The topological polar surface area (TPSA) is 50.8 Å². The molecule has 3 rings (SSSR count). The molecule has 0 spiro atoms. The number of nitrogens with one attached hydrogen (secondary N) is 1. The third-order valence-corrected chi connectivity index (χ3v) is 7.24. The van der Waals surface area contributed by atoms with Gasteiger partial charge in [-0.3, -0.25) is 4.79 Å². The van der Waals surface area contributed by atoms with Gasteiger partial charge in [0.05, 0.1) is 12.7 Å². The molecule has 5 nitrogen and oxygen atoms in total. The van der Waals surface area contributed by atoms with Crippen molar-refractivity contribution in [1.82, 2.24) is 4.90 Å². The van der Waals surface area contributed by atoms with Crippen molar-refractivity contribution >= 4 is 34.7 Å². The predicted octanol–water partition coefficient (Wildman–Crippen LogP) is 6.02. The minimum atomic E-state index is -0.140. The highest BCUT2D eigenvalue weighted by molar-refractivity contribution is 7.98. The summed E-state index contributed by atoms with van der Waals surface area (Å²) in [7, 11) is 1.62. The van der Waals surface area contributed by atoms with Crippen molar-refractivity contribution < 1.29 is 14.3 Å². The molecule has 0 aliphatic rings. The molecule has 1 heterocycles. The molecular formula is C25H30N2O3S2. The summed E-state index contributed by atoms with van der Waals surface area (Å²) in [4.78, 5) is 17.6. The second-order valence-corrected chi connectivity index (χ2v) is 9.11. The molecule has 0 atom stereocenters. The minimum Gasteiger partial charge on any atom is -0.493 e. The Morgan fingerprint density at radius 2 is 1.88 bits per heavy atom. The molecule has 7 heteroatoms. The molecule has 0 unspecified atom stereocenters. The van der Waals surface area contributed by atoms with Crippen LogP contribution in [0.25, 0.3) is 0 Å². The van der Waals surface area contributed by atoms with E-state index in [1.54, 1.807) is 30.2 Å². The van der Waals surface area contributed by atoms with Crippen LogP contribution in [-0.4, -0.2) is 44.2 Å². The van der Waals surface area contributed by atoms with Gasteiger partial charge in [-0.25, -0.2) is 0 Å². The summed E-state index contributed by atoms with van der Waals surface area (Å²) < 4.78 is 11.4. The highest BCUT2D eigenvalue weighted by Crippen LogP contribution is 2.32. The molecule has 170 valence electrons. The molecule has 2 aromatic carbocycles. The van der Waals surface area contributed by atoms with Gasteiger partial charge < -0.3 is 19.7 Å². The van der Waals surface area contributed by atoms with E-state index in [1.165, 1.54) is 4.88 Å². The number of thiophene rings is 1. The van der Waals surface area contributed by atoms with Gasteiger partial charge in [0.1, 0.15) is 6.61 Å². The molecule has 0 saturated heterocycles. The normalized spacial score (nSPS) is 10.9. The van der Waals surface area contributed by atoms with Crippen LogP contribution in [0.2, 0.25) is 0 Å².